The largest absolute Gasteiger partial charge is 0.444 e. The molecule has 2 amide bonds. The lowest BCUT2D eigenvalue weighted by Crippen LogP contribution is -2.43. The molecule has 33 heavy (non-hydrogen) atoms. The van der Waals surface area contributed by atoms with Gasteiger partial charge in [0.25, 0.3) is 0 Å². The van der Waals surface area contributed by atoms with Crippen LogP contribution in [0.3, 0.4) is 0 Å². The Hall–Kier alpha value is -2.62. The number of aromatic nitrogens is 1. The van der Waals surface area contributed by atoms with Gasteiger partial charge in [-0.15, -0.1) is 11.3 Å². The minimum Gasteiger partial charge on any atom is -0.444 e. The quantitative estimate of drug-likeness (QED) is 0.610. The van der Waals surface area contributed by atoms with Crippen molar-refractivity contribution in [2.45, 2.75) is 58.7 Å². The summed E-state index contributed by atoms with van der Waals surface area (Å²) in [5.74, 6) is -0.381. The summed E-state index contributed by atoms with van der Waals surface area (Å²) in [6.45, 7) is 8.06. The van der Waals surface area contributed by atoms with Crippen LogP contribution in [0.1, 0.15) is 55.4 Å². The highest BCUT2D eigenvalue weighted by Gasteiger charge is 2.31. The van der Waals surface area contributed by atoms with Crippen LogP contribution in [-0.4, -0.2) is 40.6 Å². The maximum atomic E-state index is 12.9. The van der Waals surface area contributed by atoms with Crippen molar-refractivity contribution >= 4 is 28.3 Å². The maximum Gasteiger partial charge on any atom is 0.416 e. The van der Waals surface area contributed by atoms with Crippen molar-refractivity contribution in [2.24, 2.45) is 5.92 Å². The molecule has 10 heteroatoms. The minimum absolute atomic E-state index is 0.142. The summed E-state index contributed by atoms with van der Waals surface area (Å²) in [5.41, 5.74) is -0.132. The fraction of sp³-hybridized carbons (Fsp3) is 0.522. The summed E-state index contributed by atoms with van der Waals surface area (Å²) < 4.78 is 44.2. The van der Waals surface area contributed by atoms with E-state index in [9.17, 15) is 22.8 Å². The van der Waals surface area contributed by atoms with Gasteiger partial charge in [-0.3, -0.25) is 4.79 Å². The molecule has 0 saturated carbocycles. The molecule has 0 bridgehead atoms. The molecule has 2 aromatic rings. The standard InChI is InChI=1S/C23H28F3N3O3S/c1-14-20(33-18(27-14)13-15-6-5-7-17(12-15)23(24,25)26)28-19(30)16-8-10-29(11-9-16)21(31)32-22(2,3)4/h5-7,12,16H,8-11,13H2,1-4H3,(H,28,30). The second-order valence-electron chi connectivity index (χ2n) is 9.13. The van der Waals surface area contributed by atoms with E-state index >= 15 is 0 Å². The zero-order valence-electron chi connectivity index (χ0n) is 19.1. The Morgan fingerprint density at radius 2 is 1.88 bits per heavy atom. The number of nitrogens with one attached hydrogen (secondary N) is 1. The summed E-state index contributed by atoms with van der Waals surface area (Å²) in [4.78, 5) is 31.0. The Morgan fingerprint density at radius 1 is 1.21 bits per heavy atom. The number of alkyl halides is 3. The molecule has 1 aromatic carbocycles. The van der Waals surface area contributed by atoms with Crippen LogP contribution in [-0.2, 0) is 22.1 Å². The molecule has 0 radical (unpaired) electrons. The predicted octanol–water partition coefficient (Wildman–Crippen LogP) is 5.65. The van der Waals surface area contributed by atoms with Crippen molar-refractivity contribution in [1.29, 1.82) is 0 Å². The van der Waals surface area contributed by atoms with Crippen LogP contribution in [0.5, 0.6) is 0 Å². The van der Waals surface area contributed by atoms with Crippen molar-refractivity contribution in [3.63, 3.8) is 0 Å². The van der Waals surface area contributed by atoms with Crippen LogP contribution >= 0.6 is 11.3 Å². The molecule has 1 aliphatic rings. The number of amides is 2. The number of carbonyl (C=O) groups excluding carboxylic acids is 2. The summed E-state index contributed by atoms with van der Waals surface area (Å²) >= 11 is 1.26. The summed E-state index contributed by atoms with van der Waals surface area (Å²) in [6.07, 6.45) is -3.47. The predicted molar refractivity (Wildman–Crippen MR) is 120 cm³/mol. The Kier molecular flexibility index (Phi) is 7.36. The monoisotopic (exact) mass is 483 g/mol. The number of aryl methyl sites for hydroxylation is 1. The van der Waals surface area contributed by atoms with Crippen LogP contribution in [0.2, 0.25) is 0 Å². The van der Waals surface area contributed by atoms with Gasteiger partial charge >= 0.3 is 12.3 Å². The number of ether oxygens (including phenoxy) is 1. The fourth-order valence-electron chi connectivity index (χ4n) is 3.54. The van der Waals surface area contributed by atoms with Crippen molar-refractivity contribution in [1.82, 2.24) is 9.88 Å². The van der Waals surface area contributed by atoms with Gasteiger partial charge in [0.05, 0.1) is 16.3 Å². The number of rotatable bonds is 4. The van der Waals surface area contributed by atoms with Crippen molar-refractivity contribution in [3.8, 4) is 0 Å². The lowest BCUT2D eigenvalue weighted by molar-refractivity contribution is -0.137. The summed E-state index contributed by atoms with van der Waals surface area (Å²) in [7, 11) is 0. The van der Waals surface area contributed by atoms with Crippen molar-refractivity contribution in [3.05, 3.63) is 46.1 Å². The molecule has 1 aliphatic heterocycles. The number of thiazole rings is 1. The van der Waals surface area contributed by atoms with Gasteiger partial charge in [0.15, 0.2) is 0 Å². The zero-order valence-corrected chi connectivity index (χ0v) is 19.9. The molecule has 6 nitrogen and oxygen atoms in total. The Morgan fingerprint density at radius 3 is 2.48 bits per heavy atom. The number of piperidine rings is 1. The molecule has 3 rings (SSSR count). The minimum atomic E-state index is -4.40. The van der Waals surface area contributed by atoms with Gasteiger partial charge in [0.2, 0.25) is 5.91 Å². The number of hydrogen-bond acceptors (Lipinski definition) is 5. The van der Waals surface area contributed by atoms with E-state index in [1.54, 1.807) is 17.9 Å². The van der Waals surface area contributed by atoms with Crippen LogP contribution < -0.4 is 5.32 Å². The molecule has 0 atom stereocenters. The number of hydrogen-bond donors (Lipinski definition) is 1. The lowest BCUT2D eigenvalue weighted by Gasteiger charge is -2.32. The first-order valence-corrected chi connectivity index (χ1v) is 11.5. The van der Waals surface area contributed by atoms with E-state index < -0.39 is 17.3 Å². The Bertz CT molecular complexity index is 1010. The number of anilines is 1. The molecule has 2 heterocycles. The molecular formula is C23H28F3N3O3S. The average Bonchev–Trinajstić information content (AvgIpc) is 3.05. The Labute approximate surface area is 195 Å². The molecule has 0 spiro atoms. The van der Waals surface area contributed by atoms with Crippen LogP contribution in [0, 0.1) is 12.8 Å². The van der Waals surface area contributed by atoms with Crippen molar-refractivity contribution < 1.29 is 27.5 Å². The molecule has 1 saturated heterocycles. The van der Waals surface area contributed by atoms with Crippen molar-refractivity contribution in [2.75, 3.05) is 18.4 Å². The topological polar surface area (TPSA) is 71.5 Å². The fourth-order valence-corrected chi connectivity index (χ4v) is 4.54. The molecule has 0 aliphatic carbocycles. The molecular weight excluding hydrogens is 455 g/mol. The zero-order chi connectivity index (χ0) is 24.4. The number of carbonyl (C=O) groups is 2. The molecule has 0 unspecified atom stereocenters. The van der Waals surface area contributed by atoms with Gasteiger partial charge < -0.3 is 15.0 Å². The maximum absolute atomic E-state index is 12.9. The normalized spacial score (nSPS) is 15.4. The number of benzene rings is 1. The van der Waals surface area contributed by atoms with E-state index in [1.807, 2.05) is 20.8 Å². The first-order chi connectivity index (χ1) is 15.3. The van der Waals surface area contributed by atoms with Gasteiger partial charge in [-0.05, 0) is 52.2 Å². The second-order valence-corrected chi connectivity index (χ2v) is 10.2. The average molecular weight is 484 g/mol. The van der Waals surface area contributed by atoms with E-state index in [0.717, 1.165) is 12.1 Å². The highest BCUT2D eigenvalue weighted by atomic mass is 32.1. The van der Waals surface area contributed by atoms with Gasteiger partial charge in [-0.2, -0.15) is 13.2 Å². The third kappa shape index (κ3) is 6.93. The molecule has 1 aromatic heterocycles. The van der Waals surface area contributed by atoms with Gasteiger partial charge in [-0.25, -0.2) is 9.78 Å². The van der Waals surface area contributed by atoms with Gasteiger partial charge in [0.1, 0.15) is 10.6 Å². The molecule has 180 valence electrons. The first kappa shape index (κ1) is 25.0. The molecule has 1 fully saturated rings. The van der Waals surface area contributed by atoms with Gasteiger partial charge in [-0.1, -0.05) is 18.2 Å². The van der Waals surface area contributed by atoms with E-state index in [0.29, 0.717) is 47.2 Å². The highest BCUT2D eigenvalue weighted by Crippen LogP contribution is 2.32. The first-order valence-electron chi connectivity index (χ1n) is 10.7. The van der Waals surface area contributed by atoms with E-state index in [2.05, 4.69) is 10.3 Å². The SMILES string of the molecule is Cc1nc(Cc2cccc(C(F)(F)F)c2)sc1NC(=O)C1CCN(C(=O)OC(C)(C)C)CC1. The lowest BCUT2D eigenvalue weighted by atomic mass is 9.96. The van der Waals surface area contributed by atoms with Gasteiger partial charge in [0, 0.05) is 25.4 Å². The number of halogens is 3. The van der Waals surface area contributed by atoms with Crippen LogP contribution in [0.25, 0.3) is 0 Å². The highest BCUT2D eigenvalue weighted by molar-refractivity contribution is 7.16. The second kappa shape index (κ2) is 9.70. The third-order valence-corrected chi connectivity index (χ3v) is 6.28. The molecule has 1 N–H and O–H groups in total. The Balaban J connectivity index is 1.57. The van der Waals surface area contributed by atoms with E-state index in [4.69, 9.17) is 4.74 Å². The summed E-state index contributed by atoms with van der Waals surface area (Å²) in [5, 5.41) is 4.13. The van der Waals surface area contributed by atoms with E-state index in [1.165, 1.54) is 17.4 Å². The number of likely N-dealkylation sites (tertiary alicyclic amines) is 1. The van der Waals surface area contributed by atoms with Crippen LogP contribution in [0.4, 0.5) is 23.0 Å². The number of nitrogens with zero attached hydrogens (tertiary/aromatic N) is 2. The van der Waals surface area contributed by atoms with Crippen LogP contribution in [0.15, 0.2) is 24.3 Å². The third-order valence-electron chi connectivity index (χ3n) is 5.20. The smallest absolute Gasteiger partial charge is 0.416 e. The summed E-state index contributed by atoms with van der Waals surface area (Å²) in [6, 6.07) is 5.16. The van der Waals surface area contributed by atoms with E-state index in [-0.39, 0.29) is 24.3 Å².